The number of nitrogens with one attached hydrogen (secondary N) is 2. The number of carbonyl (C=O) groups is 1. The summed E-state index contributed by atoms with van der Waals surface area (Å²) in [6.45, 7) is 1.47. The molecule has 164 valence electrons. The fourth-order valence-corrected chi connectivity index (χ4v) is 3.03. The largest absolute Gasteiger partial charge is 0.506 e. The summed E-state index contributed by atoms with van der Waals surface area (Å²) < 4.78 is 20.8. The second-order valence-corrected chi connectivity index (χ2v) is 7.30. The highest BCUT2D eigenvalue weighted by Crippen LogP contribution is 2.33. The predicted molar refractivity (Wildman–Crippen MR) is 118 cm³/mol. The lowest BCUT2D eigenvalue weighted by molar-refractivity contribution is 0.262. The molecule has 9 heteroatoms. The average molecular weight is 427 g/mol. The van der Waals surface area contributed by atoms with Gasteiger partial charge < -0.3 is 25.4 Å². The first kappa shape index (κ1) is 22.1. The van der Waals surface area contributed by atoms with Crippen molar-refractivity contribution in [3.05, 3.63) is 54.5 Å². The number of aromatic nitrogens is 2. The number of hydrogen-bond donors (Lipinski definition) is 3. The number of rotatable bonds is 8. The highest BCUT2D eigenvalue weighted by Gasteiger charge is 2.13. The third-order valence-electron chi connectivity index (χ3n) is 4.55. The molecule has 3 aromatic rings. The Labute approximate surface area is 180 Å². The molecule has 8 nitrogen and oxygen atoms in total. The topological polar surface area (TPSA) is 91.7 Å². The normalized spacial score (nSPS) is 10.9. The summed E-state index contributed by atoms with van der Waals surface area (Å²) in [5.74, 6) is -0.262. The van der Waals surface area contributed by atoms with Crippen LogP contribution in [0.1, 0.15) is 6.42 Å². The lowest BCUT2D eigenvalue weighted by atomic mass is 10.1. The molecule has 3 N–H and O–H groups in total. The maximum Gasteiger partial charge on any atom is 0.323 e. The van der Waals surface area contributed by atoms with Gasteiger partial charge >= 0.3 is 6.03 Å². The van der Waals surface area contributed by atoms with Crippen molar-refractivity contribution in [2.45, 2.75) is 6.42 Å². The number of phenols is 1. The van der Waals surface area contributed by atoms with E-state index >= 15 is 0 Å². The van der Waals surface area contributed by atoms with Gasteiger partial charge in [-0.15, -0.1) is 0 Å². The molecule has 0 atom stereocenters. The van der Waals surface area contributed by atoms with E-state index < -0.39 is 11.8 Å². The number of hydrogen-bond acceptors (Lipinski definition) is 5. The quantitative estimate of drug-likeness (QED) is 0.375. The van der Waals surface area contributed by atoms with Gasteiger partial charge in [0.15, 0.2) is 0 Å². The molecule has 1 aromatic heterocycles. The monoisotopic (exact) mass is 427 g/mol. The van der Waals surface area contributed by atoms with Crippen LogP contribution in [0, 0.1) is 5.82 Å². The second kappa shape index (κ2) is 9.94. The number of amides is 2. The minimum atomic E-state index is -0.592. The maximum atomic E-state index is 13.1. The summed E-state index contributed by atoms with van der Waals surface area (Å²) in [5, 5.41) is 19.2. The van der Waals surface area contributed by atoms with E-state index in [1.165, 1.54) is 6.07 Å². The molecule has 0 aliphatic rings. The minimum Gasteiger partial charge on any atom is -0.506 e. The highest BCUT2D eigenvalue weighted by molar-refractivity contribution is 6.01. The third kappa shape index (κ3) is 5.95. The lowest BCUT2D eigenvalue weighted by Gasteiger charge is -2.15. The molecule has 0 fully saturated rings. The number of benzene rings is 2. The average Bonchev–Trinajstić information content (AvgIpc) is 3.13. The summed E-state index contributed by atoms with van der Waals surface area (Å²) in [7, 11) is 5.85. The van der Waals surface area contributed by atoms with E-state index in [0.29, 0.717) is 18.0 Å². The van der Waals surface area contributed by atoms with E-state index in [0.717, 1.165) is 36.4 Å². The Morgan fingerprint density at radius 1 is 1.19 bits per heavy atom. The highest BCUT2D eigenvalue weighted by atomic mass is 19.1. The number of aromatic hydroxyl groups is 1. The van der Waals surface area contributed by atoms with E-state index in [9.17, 15) is 14.3 Å². The van der Waals surface area contributed by atoms with Crippen LogP contribution in [0.4, 0.5) is 20.6 Å². The molecule has 0 unspecified atom stereocenters. The Bertz CT molecular complexity index is 1050. The van der Waals surface area contributed by atoms with Crippen molar-refractivity contribution in [2.24, 2.45) is 7.05 Å². The molecule has 0 aliphatic heterocycles. The van der Waals surface area contributed by atoms with Gasteiger partial charge in [0.25, 0.3) is 0 Å². The Hall–Kier alpha value is -3.59. The van der Waals surface area contributed by atoms with Crippen molar-refractivity contribution >= 4 is 17.4 Å². The number of anilines is 2. The number of urea groups is 1. The number of halogens is 1. The van der Waals surface area contributed by atoms with Crippen LogP contribution in [0.5, 0.6) is 11.5 Å². The molecule has 0 aliphatic carbocycles. The Morgan fingerprint density at radius 2 is 2.00 bits per heavy atom. The molecule has 1 heterocycles. The molecule has 0 radical (unpaired) electrons. The van der Waals surface area contributed by atoms with E-state index in [1.54, 1.807) is 29.1 Å². The fraction of sp³-hybridized carbons (Fsp3) is 0.273. The van der Waals surface area contributed by atoms with Crippen LogP contribution < -0.4 is 15.4 Å². The van der Waals surface area contributed by atoms with E-state index in [4.69, 9.17) is 4.74 Å². The summed E-state index contributed by atoms with van der Waals surface area (Å²) in [4.78, 5) is 14.5. The van der Waals surface area contributed by atoms with Crippen molar-refractivity contribution in [3.63, 3.8) is 0 Å². The molecular weight excluding hydrogens is 401 g/mol. The van der Waals surface area contributed by atoms with Crippen LogP contribution in [0.25, 0.3) is 11.3 Å². The molecule has 3 rings (SSSR count). The third-order valence-corrected chi connectivity index (χ3v) is 4.55. The molecule has 0 saturated carbocycles. The Kier molecular flexibility index (Phi) is 7.09. The lowest BCUT2D eigenvalue weighted by Crippen LogP contribution is -2.19. The molecule has 0 bridgehead atoms. The smallest absolute Gasteiger partial charge is 0.323 e. The number of carbonyl (C=O) groups excluding carboxylic acids is 1. The Balaban J connectivity index is 1.76. The maximum absolute atomic E-state index is 13.1. The molecular formula is C22H26FN5O3. The van der Waals surface area contributed by atoms with Crippen LogP contribution in [0.15, 0.2) is 48.7 Å². The molecule has 0 spiro atoms. The van der Waals surface area contributed by atoms with Gasteiger partial charge in [-0.05, 0) is 56.9 Å². The molecule has 31 heavy (non-hydrogen) atoms. The van der Waals surface area contributed by atoms with Gasteiger partial charge in [0.1, 0.15) is 17.3 Å². The standard InChI is InChI=1S/C22H26FN5O3/c1-27(2)11-4-12-31-21-8-6-16(14-17(21)19-9-10-24-28(19)3)25-22(30)26-18-7-5-15(23)13-20(18)29/h5-10,13-14,29H,4,11-12H2,1-3H3,(H2,25,26,30). The van der Waals surface area contributed by atoms with Gasteiger partial charge in [-0.2, -0.15) is 5.10 Å². The minimum absolute atomic E-state index is 0.103. The molecule has 2 aromatic carbocycles. The zero-order chi connectivity index (χ0) is 22.4. The van der Waals surface area contributed by atoms with Gasteiger partial charge in [0.05, 0.1) is 18.0 Å². The van der Waals surface area contributed by atoms with Gasteiger partial charge in [0.2, 0.25) is 0 Å². The van der Waals surface area contributed by atoms with Crippen LogP contribution in [0.3, 0.4) is 0 Å². The zero-order valence-corrected chi connectivity index (χ0v) is 17.7. The Morgan fingerprint density at radius 3 is 2.68 bits per heavy atom. The number of aryl methyl sites for hydroxylation is 1. The van der Waals surface area contributed by atoms with E-state index in [-0.39, 0.29) is 11.4 Å². The van der Waals surface area contributed by atoms with Gasteiger partial charge in [-0.1, -0.05) is 0 Å². The number of nitrogens with zero attached hydrogens (tertiary/aromatic N) is 3. The van der Waals surface area contributed by atoms with Crippen molar-refractivity contribution in [3.8, 4) is 22.8 Å². The SMILES string of the molecule is CN(C)CCCOc1ccc(NC(=O)Nc2ccc(F)cc2O)cc1-c1ccnn1C. The molecule has 0 saturated heterocycles. The number of ether oxygens (including phenoxy) is 1. The summed E-state index contributed by atoms with van der Waals surface area (Å²) >= 11 is 0. The number of phenolic OH excluding ortho intramolecular Hbond substituents is 1. The molecule has 2 amide bonds. The predicted octanol–water partition coefficient (Wildman–Crippen LogP) is 3.91. The van der Waals surface area contributed by atoms with Crippen LogP contribution in [-0.2, 0) is 7.05 Å². The van der Waals surface area contributed by atoms with Crippen molar-refractivity contribution < 1.29 is 19.0 Å². The van der Waals surface area contributed by atoms with Crippen molar-refractivity contribution in [1.82, 2.24) is 14.7 Å². The van der Waals surface area contributed by atoms with Gasteiger partial charge in [0, 0.05) is 37.1 Å². The van der Waals surface area contributed by atoms with Crippen LogP contribution in [0.2, 0.25) is 0 Å². The summed E-state index contributed by atoms with van der Waals surface area (Å²) in [6.07, 6.45) is 2.57. The van der Waals surface area contributed by atoms with Gasteiger partial charge in [-0.25, -0.2) is 9.18 Å². The van der Waals surface area contributed by atoms with Crippen molar-refractivity contribution in [2.75, 3.05) is 37.9 Å². The summed E-state index contributed by atoms with van der Waals surface area (Å²) in [5.41, 5.74) is 2.25. The van der Waals surface area contributed by atoms with Gasteiger partial charge in [-0.3, -0.25) is 4.68 Å². The van der Waals surface area contributed by atoms with Crippen LogP contribution in [-0.4, -0.2) is 53.1 Å². The first-order valence-corrected chi connectivity index (χ1v) is 9.80. The fourth-order valence-electron chi connectivity index (χ4n) is 3.03. The van der Waals surface area contributed by atoms with E-state index in [2.05, 4.69) is 20.6 Å². The van der Waals surface area contributed by atoms with Crippen LogP contribution >= 0.6 is 0 Å². The summed E-state index contributed by atoms with van der Waals surface area (Å²) in [6, 6.07) is 9.98. The van der Waals surface area contributed by atoms with E-state index in [1.807, 2.05) is 27.2 Å². The van der Waals surface area contributed by atoms with Crippen molar-refractivity contribution in [1.29, 1.82) is 0 Å². The second-order valence-electron chi connectivity index (χ2n) is 7.30. The first-order chi connectivity index (χ1) is 14.8. The zero-order valence-electron chi connectivity index (χ0n) is 17.7. The first-order valence-electron chi connectivity index (χ1n) is 9.80.